The topological polar surface area (TPSA) is 18.5 Å². The predicted molar refractivity (Wildman–Crippen MR) is 42.5 cm³/mol. The summed E-state index contributed by atoms with van der Waals surface area (Å²) in [7, 11) is 0. The molecule has 1 aliphatic heterocycles. The van der Waals surface area contributed by atoms with Crippen molar-refractivity contribution in [3.8, 4) is 0 Å². The highest BCUT2D eigenvalue weighted by Gasteiger charge is 2.51. The van der Waals surface area contributed by atoms with Gasteiger partial charge in [-0.05, 0) is 18.3 Å². The maximum absolute atomic E-state index is 5.71. The van der Waals surface area contributed by atoms with Crippen LogP contribution in [-0.4, -0.2) is 25.4 Å². The van der Waals surface area contributed by atoms with Crippen molar-refractivity contribution in [2.75, 3.05) is 19.8 Å². The fraction of sp³-hybridized carbons (Fsp3) is 1.00. The molecule has 2 rings (SSSR count). The van der Waals surface area contributed by atoms with Crippen LogP contribution in [0.3, 0.4) is 0 Å². The number of rotatable bonds is 0. The summed E-state index contributed by atoms with van der Waals surface area (Å²) in [5.74, 6) is 0. The molecule has 2 aliphatic rings. The first-order valence-corrected chi connectivity index (χ1v) is 4.34. The van der Waals surface area contributed by atoms with Crippen molar-refractivity contribution in [3.63, 3.8) is 0 Å². The summed E-state index contributed by atoms with van der Waals surface area (Å²) in [6.45, 7) is 6.96. The van der Waals surface area contributed by atoms with Gasteiger partial charge in [0.05, 0.1) is 25.4 Å². The lowest BCUT2D eigenvalue weighted by Crippen LogP contribution is -2.56. The summed E-state index contributed by atoms with van der Waals surface area (Å²) in [6, 6.07) is 0. The van der Waals surface area contributed by atoms with Crippen LogP contribution >= 0.6 is 0 Å². The molecule has 0 N–H and O–H groups in total. The average molecular weight is 156 g/mol. The Hall–Kier alpha value is -0.0800. The molecular weight excluding hydrogens is 140 g/mol. The van der Waals surface area contributed by atoms with E-state index in [1.807, 2.05) is 0 Å². The van der Waals surface area contributed by atoms with Gasteiger partial charge in [0.2, 0.25) is 0 Å². The van der Waals surface area contributed by atoms with Gasteiger partial charge < -0.3 is 9.47 Å². The number of ether oxygens (including phenoxy) is 2. The van der Waals surface area contributed by atoms with Crippen molar-refractivity contribution < 1.29 is 9.47 Å². The van der Waals surface area contributed by atoms with Crippen LogP contribution in [0.2, 0.25) is 0 Å². The zero-order chi connectivity index (χ0) is 7.95. The third-order valence-corrected chi connectivity index (χ3v) is 2.60. The molecule has 0 atom stereocenters. The van der Waals surface area contributed by atoms with E-state index in [1.54, 1.807) is 0 Å². The molecular formula is C9H16O2. The molecule has 0 aromatic heterocycles. The maximum Gasteiger partial charge on any atom is 0.0926 e. The van der Waals surface area contributed by atoms with Crippen molar-refractivity contribution in [1.29, 1.82) is 0 Å². The molecule has 0 unspecified atom stereocenters. The van der Waals surface area contributed by atoms with Gasteiger partial charge >= 0.3 is 0 Å². The largest absolute Gasteiger partial charge is 0.376 e. The maximum atomic E-state index is 5.71. The van der Waals surface area contributed by atoms with Crippen LogP contribution in [0.15, 0.2) is 0 Å². The molecule has 0 amide bonds. The van der Waals surface area contributed by atoms with Crippen molar-refractivity contribution in [2.45, 2.75) is 32.3 Å². The van der Waals surface area contributed by atoms with E-state index in [9.17, 15) is 0 Å². The molecule has 1 spiro atoms. The second-order valence-corrected chi connectivity index (χ2v) is 4.60. The van der Waals surface area contributed by atoms with Gasteiger partial charge in [0, 0.05) is 0 Å². The molecule has 0 aromatic rings. The molecule has 2 heteroatoms. The van der Waals surface area contributed by atoms with Gasteiger partial charge in [-0.25, -0.2) is 0 Å². The van der Waals surface area contributed by atoms with Crippen molar-refractivity contribution >= 4 is 0 Å². The Bertz CT molecular complexity index is 147. The molecule has 1 saturated heterocycles. The third-order valence-electron chi connectivity index (χ3n) is 2.60. The molecule has 64 valence electrons. The van der Waals surface area contributed by atoms with Crippen LogP contribution in [0.1, 0.15) is 26.7 Å². The zero-order valence-electron chi connectivity index (χ0n) is 7.35. The van der Waals surface area contributed by atoms with E-state index in [0.717, 1.165) is 19.8 Å². The minimum absolute atomic E-state index is 0.113. The lowest BCUT2D eigenvalue weighted by molar-refractivity contribution is -0.228. The first-order chi connectivity index (χ1) is 5.12. The van der Waals surface area contributed by atoms with E-state index in [4.69, 9.17) is 9.47 Å². The molecule has 1 heterocycles. The Labute approximate surface area is 67.9 Å². The molecule has 0 aromatic carbocycles. The standard InChI is InChI=1S/C9H16O2/c1-8(2)5-9(6-8)7-10-3-4-11-9/h3-7H2,1-2H3. The predicted octanol–water partition coefficient (Wildman–Crippen LogP) is 1.59. The Balaban J connectivity index is 1.94. The highest BCUT2D eigenvalue weighted by Crippen LogP contribution is 2.50. The van der Waals surface area contributed by atoms with Crippen molar-refractivity contribution in [3.05, 3.63) is 0 Å². The van der Waals surface area contributed by atoms with Crippen molar-refractivity contribution in [2.24, 2.45) is 5.41 Å². The van der Waals surface area contributed by atoms with Crippen LogP contribution in [0.5, 0.6) is 0 Å². The summed E-state index contributed by atoms with van der Waals surface area (Å²) in [4.78, 5) is 0. The molecule has 0 radical (unpaired) electrons. The molecule has 1 aliphatic carbocycles. The van der Waals surface area contributed by atoms with Gasteiger partial charge in [-0.2, -0.15) is 0 Å². The third kappa shape index (κ3) is 1.30. The normalized spacial score (nSPS) is 33.3. The highest BCUT2D eigenvalue weighted by molar-refractivity contribution is 5.01. The monoisotopic (exact) mass is 156 g/mol. The van der Waals surface area contributed by atoms with Gasteiger partial charge in [0.25, 0.3) is 0 Å². The summed E-state index contributed by atoms with van der Waals surface area (Å²) in [6.07, 6.45) is 2.33. The highest BCUT2D eigenvalue weighted by atomic mass is 16.6. The molecule has 2 fully saturated rings. The van der Waals surface area contributed by atoms with E-state index in [-0.39, 0.29) is 5.60 Å². The van der Waals surface area contributed by atoms with Crippen LogP contribution in [0.25, 0.3) is 0 Å². The zero-order valence-corrected chi connectivity index (χ0v) is 7.35. The number of hydrogen-bond acceptors (Lipinski definition) is 2. The van der Waals surface area contributed by atoms with Gasteiger partial charge in [-0.3, -0.25) is 0 Å². The van der Waals surface area contributed by atoms with E-state index in [0.29, 0.717) is 5.41 Å². The van der Waals surface area contributed by atoms with E-state index < -0.39 is 0 Å². The summed E-state index contributed by atoms with van der Waals surface area (Å²) in [5.41, 5.74) is 0.600. The van der Waals surface area contributed by atoms with Gasteiger partial charge in [0.15, 0.2) is 0 Å². The summed E-state index contributed by atoms with van der Waals surface area (Å²) < 4.78 is 11.1. The van der Waals surface area contributed by atoms with Crippen LogP contribution in [-0.2, 0) is 9.47 Å². The first kappa shape index (κ1) is 7.56. The Morgan fingerprint density at radius 3 is 2.27 bits per heavy atom. The fourth-order valence-corrected chi connectivity index (χ4v) is 2.51. The minimum atomic E-state index is 0.113. The molecule has 2 nitrogen and oxygen atoms in total. The lowest BCUT2D eigenvalue weighted by Gasteiger charge is -2.54. The summed E-state index contributed by atoms with van der Waals surface area (Å²) >= 11 is 0. The van der Waals surface area contributed by atoms with Crippen LogP contribution in [0, 0.1) is 5.41 Å². The molecule has 0 bridgehead atoms. The second kappa shape index (κ2) is 2.20. The van der Waals surface area contributed by atoms with Gasteiger partial charge in [-0.15, -0.1) is 0 Å². The smallest absolute Gasteiger partial charge is 0.0926 e. The van der Waals surface area contributed by atoms with Crippen LogP contribution in [0.4, 0.5) is 0 Å². The minimum Gasteiger partial charge on any atom is -0.376 e. The van der Waals surface area contributed by atoms with Crippen molar-refractivity contribution in [1.82, 2.24) is 0 Å². The summed E-state index contributed by atoms with van der Waals surface area (Å²) in [5, 5.41) is 0. The molecule has 1 saturated carbocycles. The Kier molecular flexibility index (Phi) is 1.52. The quantitative estimate of drug-likeness (QED) is 0.530. The van der Waals surface area contributed by atoms with E-state index in [2.05, 4.69) is 13.8 Å². The van der Waals surface area contributed by atoms with Crippen LogP contribution < -0.4 is 0 Å². The molecule has 11 heavy (non-hydrogen) atoms. The fourth-order valence-electron chi connectivity index (χ4n) is 2.51. The Morgan fingerprint density at radius 1 is 1.09 bits per heavy atom. The van der Waals surface area contributed by atoms with Gasteiger partial charge in [-0.1, -0.05) is 13.8 Å². The average Bonchev–Trinajstić information content (AvgIpc) is 1.85. The van der Waals surface area contributed by atoms with E-state index in [1.165, 1.54) is 12.8 Å². The van der Waals surface area contributed by atoms with E-state index >= 15 is 0 Å². The first-order valence-electron chi connectivity index (χ1n) is 4.34. The second-order valence-electron chi connectivity index (χ2n) is 4.60. The van der Waals surface area contributed by atoms with Gasteiger partial charge in [0.1, 0.15) is 0 Å². The number of hydrogen-bond donors (Lipinski definition) is 0. The lowest BCUT2D eigenvalue weighted by atomic mass is 9.61. The Morgan fingerprint density at radius 2 is 1.82 bits per heavy atom. The SMILES string of the molecule is CC1(C)CC2(COCCO2)C1.